The molecule has 0 aromatic carbocycles. The van der Waals surface area contributed by atoms with E-state index in [4.69, 9.17) is 27.9 Å². The summed E-state index contributed by atoms with van der Waals surface area (Å²) in [5.74, 6) is 0. The Morgan fingerprint density at radius 3 is 2.33 bits per heavy atom. The van der Waals surface area contributed by atoms with Crippen LogP contribution < -0.4 is 5.32 Å². The predicted octanol–water partition coefficient (Wildman–Crippen LogP) is 2.31. The predicted molar refractivity (Wildman–Crippen MR) is 49.7 cm³/mol. The minimum absolute atomic E-state index is 0.192. The summed E-state index contributed by atoms with van der Waals surface area (Å²) in [5.41, 5.74) is -0.488. The quantitative estimate of drug-likeness (QED) is 0.716. The SMILES string of the molecule is CC(C)(C)OC(=O)NCC(Cl)Cl. The first-order valence-corrected chi connectivity index (χ1v) is 4.43. The average molecular weight is 214 g/mol. The molecule has 0 aromatic heterocycles. The molecule has 0 heterocycles. The normalized spacial score (nSPS) is 11.5. The van der Waals surface area contributed by atoms with E-state index in [-0.39, 0.29) is 6.54 Å². The number of alkyl halides is 2. The number of halogens is 2. The minimum Gasteiger partial charge on any atom is -0.444 e. The van der Waals surface area contributed by atoms with E-state index in [2.05, 4.69) is 5.32 Å². The molecule has 1 N–H and O–H groups in total. The minimum atomic E-state index is -0.600. The van der Waals surface area contributed by atoms with Crippen LogP contribution in [0.2, 0.25) is 0 Å². The highest BCUT2D eigenvalue weighted by Crippen LogP contribution is 2.06. The maximum absolute atomic E-state index is 10.9. The standard InChI is InChI=1S/C7H13Cl2NO2/c1-7(2,3)12-6(11)10-4-5(8)9/h5H,4H2,1-3H3,(H,10,11). The number of alkyl carbamates (subject to hydrolysis) is 1. The largest absolute Gasteiger partial charge is 0.444 e. The van der Waals surface area contributed by atoms with Gasteiger partial charge in [-0.1, -0.05) is 0 Å². The van der Waals surface area contributed by atoms with Crippen LogP contribution in [-0.4, -0.2) is 23.1 Å². The van der Waals surface area contributed by atoms with E-state index in [0.29, 0.717) is 0 Å². The average Bonchev–Trinajstić information content (AvgIpc) is 1.79. The topological polar surface area (TPSA) is 38.3 Å². The maximum Gasteiger partial charge on any atom is 0.407 e. The number of carbonyl (C=O) groups excluding carboxylic acids is 1. The van der Waals surface area contributed by atoms with Gasteiger partial charge in [0.25, 0.3) is 0 Å². The smallest absolute Gasteiger partial charge is 0.407 e. The van der Waals surface area contributed by atoms with Gasteiger partial charge in [0.05, 0.1) is 6.54 Å². The number of ether oxygens (including phenoxy) is 1. The van der Waals surface area contributed by atoms with E-state index in [1.54, 1.807) is 20.8 Å². The van der Waals surface area contributed by atoms with Crippen molar-refractivity contribution in [3.63, 3.8) is 0 Å². The molecule has 5 heteroatoms. The third kappa shape index (κ3) is 7.95. The molecule has 0 aromatic rings. The summed E-state index contributed by atoms with van der Waals surface area (Å²) in [5, 5.41) is 2.41. The molecule has 3 nitrogen and oxygen atoms in total. The summed E-state index contributed by atoms with van der Waals surface area (Å²) < 4.78 is 4.92. The van der Waals surface area contributed by atoms with Crippen LogP contribution in [-0.2, 0) is 4.74 Å². The van der Waals surface area contributed by atoms with E-state index in [9.17, 15) is 4.79 Å². The van der Waals surface area contributed by atoms with E-state index >= 15 is 0 Å². The Kier molecular flexibility index (Phi) is 4.71. The Hall–Kier alpha value is -0.150. The molecule has 0 radical (unpaired) electrons. The van der Waals surface area contributed by atoms with Crippen LogP contribution in [0.25, 0.3) is 0 Å². The summed E-state index contributed by atoms with van der Waals surface area (Å²) in [6, 6.07) is 0. The third-order valence-corrected chi connectivity index (χ3v) is 1.11. The first-order chi connectivity index (χ1) is 5.31. The van der Waals surface area contributed by atoms with Crippen molar-refractivity contribution in [2.45, 2.75) is 31.2 Å². The van der Waals surface area contributed by atoms with Crippen molar-refractivity contribution in [2.75, 3.05) is 6.54 Å². The lowest BCUT2D eigenvalue weighted by Crippen LogP contribution is -2.34. The zero-order chi connectivity index (χ0) is 9.78. The van der Waals surface area contributed by atoms with Gasteiger partial charge in [-0.2, -0.15) is 0 Å². The van der Waals surface area contributed by atoms with Crippen LogP contribution in [0, 0.1) is 0 Å². The lowest BCUT2D eigenvalue weighted by atomic mass is 10.2. The van der Waals surface area contributed by atoms with Crippen molar-refractivity contribution in [2.24, 2.45) is 0 Å². The number of carbonyl (C=O) groups is 1. The molecule has 0 aliphatic rings. The second-order valence-electron chi connectivity index (χ2n) is 3.27. The Labute approximate surface area is 82.4 Å². The second-order valence-corrected chi connectivity index (χ2v) is 4.55. The van der Waals surface area contributed by atoms with E-state index in [1.807, 2.05) is 0 Å². The summed E-state index contributed by atoms with van der Waals surface area (Å²) in [4.78, 5) is 10.3. The molecule has 0 rings (SSSR count). The van der Waals surface area contributed by atoms with Crippen molar-refractivity contribution in [1.29, 1.82) is 0 Å². The molecule has 0 atom stereocenters. The molecule has 0 fully saturated rings. The van der Waals surface area contributed by atoms with Gasteiger partial charge in [-0.05, 0) is 20.8 Å². The summed E-state index contributed by atoms with van der Waals surface area (Å²) in [6.07, 6.45) is -0.506. The van der Waals surface area contributed by atoms with E-state index in [1.165, 1.54) is 0 Å². The highest BCUT2D eigenvalue weighted by atomic mass is 35.5. The Balaban J connectivity index is 3.61. The highest BCUT2D eigenvalue weighted by molar-refractivity contribution is 6.44. The molecule has 0 unspecified atom stereocenters. The van der Waals surface area contributed by atoms with Crippen molar-refractivity contribution in [3.05, 3.63) is 0 Å². The zero-order valence-corrected chi connectivity index (χ0v) is 8.87. The fourth-order valence-electron chi connectivity index (χ4n) is 0.475. The van der Waals surface area contributed by atoms with Crippen LogP contribution in [0.1, 0.15) is 20.8 Å². The third-order valence-electron chi connectivity index (χ3n) is 0.800. The van der Waals surface area contributed by atoms with Crippen LogP contribution in [0.5, 0.6) is 0 Å². The zero-order valence-electron chi connectivity index (χ0n) is 7.36. The van der Waals surface area contributed by atoms with Gasteiger partial charge in [0.15, 0.2) is 0 Å². The second kappa shape index (κ2) is 4.77. The summed E-state index contributed by atoms with van der Waals surface area (Å²) in [7, 11) is 0. The van der Waals surface area contributed by atoms with Gasteiger partial charge in [-0.15, -0.1) is 23.2 Å². The number of nitrogens with one attached hydrogen (secondary N) is 1. The number of hydrogen-bond donors (Lipinski definition) is 1. The monoisotopic (exact) mass is 213 g/mol. The molecule has 12 heavy (non-hydrogen) atoms. The van der Waals surface area contributed by atoms with Gasteiger partial charge in [0.2, 0.25) is 0 Å². The number of rotatable bonds is 2. The number of hydrogen-bond acceptors (Lipinski definition) is 2. The Morgan fingerprint density at radius 2 is 2.00 bits per heavy atom. The lowest BCUT2D eigenvalue weighted by molar-refractivity contribution is 0.0530. The van der Waals surface area contributed by atoms with E-state index < -0.39 is 16.5 Å². The van der Waals surface area contributed by atoms with Crippen molar-refractivity contribution >= 4 is 29.3 Å². The molecular weight excluding hydrogens is 201 g/mol. The van der Waals surface area contributed by atoms with Gasteiger partial charge in [0.1, 0.15) is 10.4 Å². The molecule has 0 aliphatic carbocycles. The summed E-state index contributed by atoms with van der Waals surface area (Å²) in [6.45, 7) is 5.54. The molecular formula is C7H13Cl2NO2. The molecule has 0 aliphatic heterocycles. The van der Waals surface area contributed by atoms with Crippen LogP contribution >= 0.6 is 23.2 Å². The van der Waals surface area contributed by atoms with Crippen molar-refractivity contribution < 1.29 is 9.53 Å². The van der Waals surface area contributed by atoms with Gasteiger partial charge in [0, 0.05) is 0 Å². The summed E-state index contributed by atoms with van der Waals surface area (Å²) >= 11 is 10.8. The highest BCUT2D eigenvalue weighted by Gasteiger charge is 2.15. The van der Waals surface area contributed by atoms with Crippen LogP contribution in [0.15, 0.2) is 0 Å². The molecule has 72 valence electrons. The van der Waals surface area contributed by atoms with Gasteiger partial charge >= 0.3 is 6.09 Å². The van der Waals surface area contributed by atoms with Crippen LogP contribution in [0.4, 0.5) is 4.79 Å². The van der Waals surface area contributed by atoms with Gasteiger partial charge in [-0.25, -0.2) is 4.79 Å². The first kappa shape index (κ1) is 11.8. The molecule has 0 saturated heterocycles. The van der Waals surface area contributed by atoms with E-state index in [0.717, 1.165) is 0 Å². The van der Waals surface area contributed by atoms with Gasteiger partial charge < -0.3 is 10.1 Å². The fourth-order valence-corrected chi connectivity index (χ4v) is 0.629. The number of amides is 1. The molecule has 0 saturated carbocycles. The van der Waals surface area contributed by atoms with Crippen LogP contribution in [0.3, 0.4) is 0 Å². The molecule has 1 amide bonds. The lowest BCUT2D eigenvalue weighted by Gasteiger charge is -2.19. The first-order valence-electron chi connectivity index (χ1n) is 3.56. The Bertz CT molecular complexity index is 154. The van der Waals surface area contributed by atoms with Crippen molar-refractivity contribution in [1.82, 2.24) is 5.32 Å². The fraction of sp³-hybridized carbons (Fsp3) is 0.857. The molecule has 0 bridgehead atoms. The maximum atomic E-state index is 10.9. The van der Waals surface area contributed by atoms with Crippen molar-refractivity contribution in [3.8, 4) is 0 Å². The molecule has 0 spiro atoms. The Morgan fingerprint density at radius 1 is 1.50 bits per heavy atom. The van der Waals surface area contributed by atoms with Gasteiger partial charge in [-0.3, -0.25) is 0 Å².